The van der Waals surface area contributed by atoms with E-state index in [4.69, 9.17) is 13.9 Å². The summed E-state index contributed by atoms with van der Waals surface area (Å²) in [5.74, 6) is 0.871. The van der Waals surface area contributed by atoms with Crippen LogP contribution in [-0.4, -0.2) is 46.7 Å². The van der Waals surface area contributed by atoms with Crippen molar-refractivity contribution in [1.82, 2.24) is 15.1 Å². The summed E-state index contributed by atoms with van der Waals surface area (Å²) in [7, 11) is 0. The second kappa shape index (κ2) is 6.27. The van der Waals surface area contributed by atoms with E-state index in [-0.39, 0.29) is 11.9 Å². The van der Waals surface area contributed by atoms with Crippen molar-refractivity contribution in [3.63, 3.8) is 0 Å². The number of nitrogens with zero attached hydrogens (tertiary/aromatic N) is 3. The lowest BCUT2D eigenvalue weighted by Gasteiger charge is -2.37. The predicted molar refractivity (Wildman–Crippen MR) is 88.2 cm³/mol. The fourth-order valence-electron chi connectivity index (χ4n) is 3.34. The van der Waals surface area contributed by atoms with Crippen LogP contribution in [0.3, 0.4) is 0 Å². The lowest BCUT2D eigenvalue weighted by Crippen LogP contribution is -2.45. The molecule has 0 amide bonds. The van der Waals surface area contributed by atoms with Gasteiger partial charge >= 0.3 is 0 Å². The van der Waals surface area contributed by atoms with Crippen LogP contribution in [0.1, 0.15) is 31.2 Å². The molecule has 1 atom stereocenters. The van der Waals surface area contributed by atoms with Crippen LogP contribution in [0.2, 0.25) is 0 Å². The lowest BCUT2D eigenvalue weighted by atomic mass is 10.0. The Morgan fingerprint density at radius 3 is 2.58 bits per heavy atom. The first kappa shape index (κ1) is 15.7. The Labute approximate surface area is 141 Å². The van der Waals surface area contributed by atoms with Crippen molar-refractivity contribution in [2.24, 2.45) is 0 Å². The first-order valence-electron chi connectivity index (χ1n) is 8.55. The molecular formula is C18H23N3O3. The van der Waals surface area contributed by atoms with E-state index in [9.17, 15) is 0 Å². The quantitative estimate of drug-likeness (QED) is 0.863. The smallest absolute Gasteiger partial charge is 0.247 e. The minimum absolute atomic E-state index is 0.199. The number of benzene rings is 1. The van der Waals surface area contributed by atoms with E-state index in [0.29, 0.717) is 24.9 Å². The Morgan fingerprint density at radius 2 is 1.92 bits per heavy atom. The largest absolute Gasteiger partial charge is 0.419 e. The Bertz CT molecular complexity index is 690. The number of piperidine rings is 1. The highest BCUT2D eigenvalue weighted by atomic mass is 16.7. The number of ether oxygens (including phenoxy) is 2. The molecule has 0 saturated carbocycles. The topological polar surface area (TPSA) is 60.6 Å². The second-order valence-corrected chi connectivity index (χ2v) is 6.79. The minimum atomic E-state index is -0.363. The van der Waals surface area contributed by atoms with Crippen molar-refractivity contribution in [3.8, 4) is 11.5 Å². The maximum atomic E-state index is 5.96. The van der Waals surface area contributed by atoms with Crippen LogP contribution in [0, 0.1) is 6.92 Å². The molecule has 3 heterocycles. The van der Waals surface area contributed by atoms with Gasteiger partial charge in [0.1, 0.15) is 0 Å². The highest BCUT2D eigenvalue weighted by Crippen LogP contribution is 2.34. The highest BCUT2D eigenvalue weighted by molar-refractivity contribution is 5.52. The molecule has 0 aliphatic carbocycles. The van der Waals surface area contributed by atoms with E-state index in [1.54, 1.807) is 0 Å². The van der Waals surface area contributed by atoms with Gasteiger partial charge in [-0.2, -0.15) is 0 Å². The van der Waals surface area contributed by atoms with E-state index in [1.165, 1.54) is 5.56 Å². The number of aromatic nitrogens is 2. The molecule has 1 aromatic carbocycles. The SMILES string of the molecule is Cc1ccc(-c2nnc(CN3CCC4(CC3)OC[C@H](C)O4)o2)cc1. The zero-order valence-corrected chi connectivity index (χ0v) is 14.2. The normalized spacial score (nSPS) is 23.8. The summed E-state index contributed by atoms with van der Waals surface area (Å²) in [6, 6.07) is 8.11. The monoisotopic (exact) mass is 329 g/mol. The molecule has 1 spiro atoms. The Hall–Kier alpha value is -1.76. The molecule has 2 aromatic rings. The summed E-state index contributed by atoms with van der Waals surface area (Å²) >= 11 is 0. The first-order chi connectivity index (χ1) is 11.6. The van der Waals surface area contributed by atoms with Gasteiger partial charge in [0.05, 0.1) is 19.3 Å². The van der Waals surface area contributed by atoms with Gasteiger partial charge in [-0.1, -0.05) is 17.7 Å². The highest BCUT2D eigenvalue weighted by Gasteiger charge is 2.42. The van der Waals surface area contributed by atoms with Gasteiger partial charge in [-0.15, -0.1) is 10.2 Å². The number of likely N-dealkylation sites (tertiary alicyclic amines) is 1. The van der Waals surface area contributed by atoms with Crippen LogP contribution in [0.5, 0.6) is 0 Å². The third kappa shape index (κ3) is 3.22. The molecule has 1 aromatic heterocycles. The number of aryl methyl sites for hydroxylation is 1. The van der Waals surface area contributed by atoms with Crippen molar-refractivity contribution >= 4 is 0 Å². The third-order valence-corrected chi connectivity index (χ3v) is 4.74. The van der Waals surface area contributed by atoms with E-state index in [1.807, 2.05) is 24.3 Å². The van der Waals surface area contributed by atoms with Gasteiger partial charge in [0.2, 0.25) is 11.8 Å². The van der Waals surface area contributed by atoms with Gasteiger partial charge in [0.25, 0.3) is 0 Å². The molecule has 0 radical (unpaired) electrons. The molecule has 4 rings (SSSR count). The summed E-state index contributed by atoms with van der Waals surface area (Å²) in [5, 5.41) is 8.36. The maximum Gasteiger partial charge on any atom is 0.247 e. The molecule has 2 saturated heterocycles. The van der Waals surface area contributed by atoms with Gasteiger partial charge in [-0.25, -0.2) is 0 Å². The molecule has 0 N–H and O–H groups in total. The molecule has 0 bridgehead atoms. The van der Waals surface area contributed by atoms with E-state index in [0.717, 1.165) is 31.5 Å². The maximum absolute atomic E-state index is 5.96. The van der Waals surface area contributed by atoms with Crippen molar-refractivity contribution in [1.29, 1.82) is 0 Å². The number of rotatable bonds is 3. The van der Waals surface area contributed by atoms with Crippen LogP contribution in [0.15, 0.2) is 28.7 Å². The zero-order valence-electron chi connectivity index (χ0n) is 14.2. The first-order valence-corrected chi connectivity index (χ1v) is 8.55. The average molecular weight is 329 g/mol. The average Bonchev–Trinajstić information content (AvgIpc) is 3.18. The standard InChI is InChI=1S/C18H23N3O3/c1-13-3-5-15(6-4-13)17-20-19-16(23-17)11-21-9-7-18(8-10-21)22-12-14(2)24-18/h3-6,14H,7-12H2,1-2H3/t14-/m0/s1. The van der Waals surface area contributed by atoms with Gasteiger partial charge in [0.15, 0.2) is 5.79 Å². The van der Waals surface area contributed by atoms with E-state index in [2.05, 4.69) is 28.9 Å². The van der Waals surface area contributed by atoms with Crippen molar-refractivity contribution in [3.05, 3.63) is 35.7 Å². The molecule has 2 aliphatic heterocycles. The molecule has 24 heavy (non-hydrogen) atoms. The molecule has 2 aliphatic rings. The van der Waals surface area contributed by atoms with Crippen LogP contribution < -0.4 is 0 Å². The Balaban J connectivity index is 1.36. The molecule has 6 heteroatoms. The van der Waals surface area contributed by atoms with Gasteiger partial charge in [0, 0.05) is 31.5 Å². The van der Waals surface area contributed by atoms with Crippen LogP contribution in [-0.2, 0) is 16.0 Å². The number of hydrogen-bond acceptors (Lipinski definition) is 6. The summed E-state index contributed by atoms with van der Waals surface area (Å²) < 4.78 is 17.6. The summed E-state index contributed by atoms with van der Waals surface area (Å²) in [5.41, 5.74) is 2.17. The Morgan fingerprint density at radius 1 is 1.17 bits per heavy atom. The van der Waals surface area contributed by atoms with E-state index < -0.39 is 0 Å². The van der Waals surface area contributed by atoms with Crippen LogP contribution >= 0.6 is 0 Å². The van der Waals surface area contributed by atoms with Crippen molar-refractivity contribution in [2.45, 2.75) is 45.1 Å². The van der Waals surface area contributed by atoms with Gasteiger partial charge < -0.3 is 13.9 Å². The lowest BCUT2D eigenvalue weighted by molar-refractivity contribution is -0.194. The molecule has 128 valence electrons. The zero-order chi connectivity index (χ0) is 16.6. The molecular weight excluding hydrogens is 306 g/mol. The predicted octanol–water partition coefficient (Wildman–Crippen LogP) is 2.77. The van der Waals surface area contributed by atoms with Crippen LogP contribution in [0.25, 0.3) is 11.5 Å². The van der Waals surface area contributed by atoms with Crippen molar-refractivity contribution < 1.29 is 13.9 Å². The van der Waals surface area contributed by atoms with Gasteiger partial charge in [-0.05, 0) is 26.0 Å². The van der Waals surface area contributed by atoms with E-state index >= 15 is 0 Å². The van der Waals surface area contributed by atoms with Crippen LogP contribution in [0.4, 0.5) is 0 Å². The van der Waals surface area contributed by atoms with Gasteiger partial charge in [-0.3, -0.25) is 4.90 Å². The molecule has 0 unspecified atom stereocenters. The fraction of sp³-hybridized carbons (Fsp3) is 0.556. The van der Waals surface area contributed by atoms with Crippen molar-refractivity contribution in [2.75, 3.05) is 19.7 Å². The summed E-state index contributed by atoms with van der Waals surface area (Å²) in [6.07, 6.45) is 1.97. The molecule has 2 fully saturated rings. The minimum Gasteiger partial charge on any atom is -0.419 e. The fourth-order valence-corrected chi connectivity index (χ4v) is 3.34. The summed E-state index contributed by atoms with van der Waals surface area (Å²) in [6.45, 7) is 7.31. The molecule has 6 nitrogen and oxygen atoms in total. The third-order valence-electron chi connectivity index (χ3n) is 4.74. The Kier molecular flexibility index (Phi) is 4.12. The summed E-state index contributed by atoms with van der Waals surface area (Å²) in [4.78, 5) is 2.31. The number of hydrogen-bond donors (Lipinski definition) is 0. The second-order valence-electron chi connectivity index (χ2n) is 6.79.